The maximum absolute atomic E-state index is 2.34. The summed E-state index contributed by atoms with van der Waals surface area (Å²) in [6, 6.07) is 9.24. The molecule has 0 bridgehead atoms. The van der Waals surface area contributed by atoms with Crippen molar-refractivity contribution in [2.45, 2.75) is 59.3 Å². The molecular weight excluding hydrogens is 192 g/mol. The summed E-state index contributed by atoms with van der Waals surface area (Å²) in [5.74, 6) is 1.47. The fourth-order valence-corrected chi connectivity index (χ4v) is 2.13. The molecule has 0 fully saturated rings. The standard InChI is InChI=1S/C16H26/c1-5-6-7-14(4)16-10-8-15(9-11-16)12-13(2)3/h8-11,13-14H,5-7,12H2,1-4H3. The van der Waals surface area contributed by atoms with Crippen molar-refractivity contribution in [2.75, 3.05) is 0 Å². The Morgan fingerprint density at radius 1 is 1.00 bits per heavy atom. The van der Waals surface area contributed by atoms with Crippen LogP contribution in [0.5, 0.6) is 0 Å². The van der Waals surface area contributed by atoms with Gasteiger partial charge in [-0.2, -0.15) is 0 Å². The quantitative estimate of drug-likeness (QED) is 0.617. The topological polar surface area (TPSA) is 0 Å². The molecular formula is C16H26. The summed E-state index contributed by atoms with van der Waals surface area (Å²) >= 11 is 0. The van der Waals surface area contributed by atoms with Gasteiger partial charge in [-0.05, 0) is 35.8 Å². The van der Waals surface area contributed by atoms with E-state index in [4.69, 9.17) is 0 Å². The minimum Gasteiger partial charge on any atom is -0.0654 e. The highest BCUT2D eigenvalue weighted by Crippen LogP contribution is 2.22. The summed E-state index contributed by atoms with van der Waals surface area (Å²) in [5, 5.41) is 0. The van der Waals surface area contributed by atoms with Crippen LogP contribution < -0.4 is 0 Å². The van der Waals surface area contributed by atoms with Crippen molar-refractivity contribution in [1.29, 1.82) is 0 Å². The number of benzene rings is 1. The van der Waals surface area contributed by atoms with Crippen LogP contribution in [0, 0.1) is 5.92 Å². The van der Waals surface area contributed by atoms with Crippen molar-refractivity contribution in [3.63, 3.8) is 0 Å². The molecule has 0 heterocycles. The van der Waals surface area contributed by atoms with E-state index in [1.54, 1.807) is 0 Å². The minimum atomic E-state index is 0.716. The maximum Gasteiger partial charge on any atom is -0.0190 e. The zero-order valence-corrected chi connectivity index (χ0v) is 11.3. The van der Waals surface area contributed by atoms with Gasteiger partial charge in [0, 0.05) is 0 Å². The molecule has 1 unspecified atom stereocenters. The van der Waals surface area contributed by atoms with Crippen LogP contribution in [0.3, 0.4) is 0 Å². The van der Waals surface area contributed by atoms with Gasteiger partial charge in [-0.3, -0.25) is 0 Å². The van der Waals surface area contributed by atoms with E-state index in [0.29, 0.717) is 5.92 Å². The van der Waals surface area contributed by atoms with Crippen LogP contribution in [0.4, 0.5) is 0 Å². The molecule has 0 nitrogen and oxygen atoms in total. The van der Waals surface area contributed by atoms with Crippen molar-refractivity contribution < 1.29 is 0 Å². The molecule has 1 rings (SSSR count). The van der Waals surface area contributed by atoms with E-state index in [1.807, 2.05) is 0 Å². The Balaban J connectivity index is 2.56. The van der Waals surface area contributed by atoms with Gasteiger partial charge >= 0.3 is 0 Å². The van der Waals surface area contributed by atoms with E-state index in [-0.39, 0.29) is 0 Å². The molecule has 0 aliphatic carbocycles. The number of rotatable bonds is 6. The summed E-state index contributed by atoms with van der Waals surface area (Å²) in [6.07, 6.45) is 5.16. The summed E-state index contributed by atoms with van der Waals surface area (Å²) in [4.78, 5) is 0. The zero-order chi connectivity index (χ0) is 12.0. The molecule has 0 aromatic heterocycles. The van der Waals surface area contributed by atoms with Crippen LogP contribution in [0.25, 0.3) is 0 Å². The van der Waals surface area contributed by atoms with Crippen LogP contribution in [-0.4, -0.2) is 0 Å². The van der Waals surface area contributed by atoms with E-state index in [9.17, 15) is 0 Å². The minimum absolute atomic E-state index is 0.716. The second-order valence-electron chi connectivity index (χ2n) is 5.38. The number of hydrogen-bond donors (Lipinski definition) is 0. The normalized spacial score (nSPS) is 13.1. The lowest BCUT2D eigenvalue weighted by Crippen LogP contribution is -1.96. The van der Waals surface area contributed by atoms with Crippen LogP contribution in [0.1, 0.15) is 64.0 Å². The second kappa shape index (κ2) is 6.73. The lowest BCUT2D eigenvalue weighted by molar-refractivity contribution is 0.622. The van der Waals surface area contributed by atoms with Crippen LogP contribution in [0.15, 0.2) is 24.3 Å². The number of hydrogen-bond acceptors (Lipinski definition) is 0. The highest BCUT2D eigenvalue weighted by atomic mass is 14.1. The summed E-state index contributed by atoms with van der Waals surface area (Å²) in [6.45, 7) is 9.15. The van der Waals surface area contributed by atoms with Gasteiger partial charge in [0.15, 0.2) is 0 Å². The Labute approximate surface area is 101 Å². The van der Waals surface area contributed by atoms with Gasteiger partial charge in [0.1, 0.15) is 0 Å². The molecule has 16 heavy (non-hydrogen) atoms. The highest BCUT2D eigenvalue weighted by Gasteiger charge is 2.05. The van der Waals surface area contributed by atoms with E-state index in [0.717, 1.165) is 5.92 Å². The SMILES string of the molecule is CCCCC(C)c1ccc(CC(C)C)cc1. The van der Waals surface area contributed by atoms with Crippen LogP contribution in [0.2, 0.25) is 0 Å². The van der Waals surface area contributed by atoms with Gasteiger partial charge in [-0.1, -0.05) is 64.8 Å². The van der Waals surface area contributed by atoms with E-state index in [1.165, 1.54) is 36.8 Å². The molecule has 1 atom stereocenters. The maximum atomic E-state index is 2.34. The first-order valence-corrected chi connectivity index (χ1v) is 6.72. The molecule has 0 amide bonds. The fraction of sp³-hybridized carbons (Fsp3) is 0.625. The predicted octanol–water partition coefficient (Wildman–Crippen LogP) is 5.18. The third-order valence-electron chi connectivity index (χ3n) is 3.18. The number of unbranched alkanes of at least 4 members (excludes halogenated alkanes) is 1. The Morgan fingerprint density at radius 3 is 2.12 bits per heavy atom. The molecule has 0 saturated heterocycles. The van der Waals surface area contributed by atoms with Gasteiger partial charge in [0.25, 0.3) is 0 Å². The van der Waals surface area contributed by atoms with Gasteiger partial charge in [-0.25, -0.2) is 0 Å². The summed E-state index contributed by atoms with van der Waals surface area (Å²) in [5.41, 5.74) is 2.97. The third kappa shape index (κ3) is 4.38. The molecule has 0 radical (unpaired) electrons. The van der Waals surface area contributed by atoms with Crippen LogP contribution >= 0.6 is 0 Å². The Morgan fingerprint density at radius 2 is 1.62 bits per heavy atom. The third-order valence-corrected chi connectivity index (χ3v) is 3.18. The molecule has 0 aliphatic rings. The van der Waals surface area contributed by atoms with Gasteiger partial charge in [-0.15, -0.1) is 0 Å². The fourth-order valence-electron chi connectivity index (χ4n) is 2.13. The zero-order valence-electron chi connectivity index (χ0n) is 11.3. The summed E-state index contributed by atoms with van der Waals surface area (Å²) in [7, 11) is 0. The monoisotopic (exact) mass is 218 g/mol. The Hall–Kier alpha value is -0.780. The van der Waals surface area contributed by atoms with Crippen molar-refractivity contribution in [3.8, 4) is 0 Å². The molecule has 0 heteroatoms. The first-order valence-electron chi connectivity index (χ1n) is 6.72. The van der Waals surface area contributed by atoms with Crippen molar-refractivity contribution >= 4 is 0 Å². The van der Waals surface area contributed by atoms with Crippen molar-refractivity contribution in [2.24, 2.45) is 5.92 Å². The Kier molecular flexibility index (Phi) is 5.59. The average molecular weight is 218 g/mol. The Bertz CT molecular complexity index is 281. The van der Waals surface area contributed by atoms with Crippen molar-refractivity contribution in [1.82, 2.24) is 0 Å². The average Bonchev–Trinajstić information content (AvgIpc) is 2.26. The molecule has 0 saturated carbocycles. The smallest absolute Gasteiger partial charge is 0.0190 e. The lowest BCUT2D eigenvalue weighted by atomic mass is 9.93. The lowest BCUT2D eigenvalue weighted by Gasteiger charge is -2.12. The molecule has 0 N–H and O–H groups in total. The second-order valence-corrected chi connectivity index (χ2v) is 5.38. The summed E-state index contributed by atoms with van der Waals surface area (Å²) < 4.78 is 0. The highest BCUT2D eigenvalue weighted by molar-refractivity contribution is 5.25. The molecule has 90 valence electrons. The largest absolute Gasteiger partial charge is 0.0654 e. The molecule has 0 aliphatic heterocycles. The molecule has 0 spiro atoms. The van der Waals surface area contributed by atoms with E-state index >= 15 is 0 Å². The molecule has 1 aromatic carbocycles. The van der Waals surface area contributed by atoms with Crippen molar-refractivity contribution in [3.05, 3.63) is 35.4 Å². The van der Waals surface area contributed by atoms with Gasteiger partial charge in [0.2, 0.25) is 0 Å². The van der Waals surface area contributed by atoms with E-state index < -0.39 is 0 Å². The first kappa shape index (κ1) is 13.3. The predicted molar refractivity (Wildman–Crippen MR) is 72.9 cm³/mol. The van der Waals surface area contributed by atoms with E-state index in [2.05, 4.69) is 52.0 Å². The van der Waals surface area contributed by atoms with Gasteiger partial charge in [0.05, 0.1) is 0 Å². The molecule has 1 aromatic rings. The van der Waals surface area contributed by atoms with Gasteiger partial charge < -0.3 is 0 Å². The first-order chi connectivity index (χ1) is 7.63. The van der Waals surface area contributed by atoms with Crippen LogP contribution in [-0.2, 0) is 6.42 Å².